The fourth-order valence-corrected chi connectivity index (χ4v) is 3.76. The lowest BCUT2D eigenvalue weighted by molar-refractivity contribution is 0.286. The summed E-state index contributed by atoms with van der Waals surface area (Å²) in [6.07, 6.45) is 0. The van der Waals surface area contributed by atoms with Crippen LogP contribution in [0.5, 0.6) is 17.2 Å². The summed E-state index contributed by atoms with van der Waals surface area (Å²) in [7, 11) is 0.846. The van der Waals surface area contributed by atoms with Gasteiger partial charge in [0.1, 0.15) is 12.4 Å². The summed E-state index contributed by atoms with van der Waals surface area (Å²) in [4.78, 5) is 0.143. The van der Waals surface area contributed by atoms with Gasteiger partial charge in [-0.15, -0.1) is 0 Å². The van der Waals surface area contributed by atoms with Crippen LogP contribution in [0.2, 0.25) is 0 Å². The van der Waals surface area contributed by atoms with Crippen LogP contribution in [-0.4, -0.2) is 47.1 Å². The summed E-state index contributed by atoms with van der Waals surface area (Å²) < 4.78 is 42.7. The van der Waals surface area contributed by atoms with Crippen molar-refractivity contribution in [2.24, 2.45) is 0 Å². The zero-order valence-corrected chi connectivity index (χ0v) is 16.6. The highest BCUT2D eigenvalue weighted by Crippen LogP contribution is 2.30. The molecule has 0 aromatic heterocycles. The molecule has 0 spiro atoms. The van der Waals surface area contributed by atoms with Gasteiger partial charge in [-0.2, -0.15) is 4.31 Å². The topological polar surface area (TPSA) is 65.1 Å². The molecule has 0 radical (unpaired) electrons. The van der Waals surface area contributed by atoms with E-state index in [0.717, 1.165) is 16.9 Å². The molecule has 142 valence electrons. The Labute approximate surface area is 155 Å². The van der Waals surface area contributed by atoms with Gasteiger partial charge in [-0.25, -0.2) is 8.42 Å². The predicted octanol–water partition coefficient (Wildman–Crippen LogP) is 3.02. The molecular formula is C19H25NO5S. The van der Waals surface area contributed by atoms with Gasteiger partial charge in [0.05, 0.1) is 19.1 Å². The van der Waals surface area contributed by atoms with E-state index >= 15 is 0 Å². The SMILES string of the molecule is COc1ccc(S(=O)(=O)N(C)CCOc2cc(C)cc(C)c2)cc1OC. The lowest BCUT2D eigenvalue weighted by atomic mass is 10.1. The summed E-state index contributed by atoms with van der Waals surface area (Å²) in [5, 5.41) is 0. The molecule has 26 heavy (non-hydrogen) atoms. The number of methoxy groups -OCH3 is 2. The van der Waals surface area contributed by atoms with Crippen LogP contribution < -0.4 is 14.2 Å². The molecule has 2 rings (SSSR count). The van der Waals surface area contributed by atoms with Gasteiger partial charge < -0.3 is 14.2 Å². The Bertz CT molecular complexity index is 844. The van der Waals surface area contributed by atoms with E-state index in [2.05, 4.69) is 6.07 Å². The Kier molecular flexibility index (Phi) is 6.50. The van der Waals surface area contributed by atoms with E-state index in [1.54, 1.807) is 6.07 Å². The maximum atomic E-state index is 12.7. The van der Waals surface area contributed by atoms with E-state index in [0.29, 0.717) is 11.5 Å². The third kappa shape index (κ3) is 4.68. The quantitative estimate of drug-likeness (QED) is 0.705. The fraction of sp³-hybridized carbons (Fsp3) is 0.368. The summed E-state index contributed by atoms with van der Waals surface area (Å²) >= 11 is 0. The van der Waals surface area contributed by atoms with Crippen LogP contribution in [0.15, 0.2) is 41.3 Å². The molecule has 0 saturated heterocycles. The van der Waals surface area contributed by atoms with Gasteiger partial charge >= 0.3 is 0 Å². The van der Waals surface area contributed by atoms with E-state index < -0.39 is 10.0 Å². The van der Waals surface area contributed by atoms with Gasteiger partial charge in [0.15, 0.2) is 11.5 Å². The second-order valence-corrected chi connectivity index (χ2v) is 8.06. The van der Waals surface area contributed by atoms with Crippen molar-refractivity contribution < 1.29 is 22.6 Å². The van der Waals surface area contributed by atoms with Crippen LogP contribution in [-0.2, 0) is 10.0 Å². The average Bonchev–Trinajstić information content (AvgIpc) is 2.60. The molecule has 7 heteroatoms. The minimum Gasteiger partial charge on any atom is -0.493 e. The third-order valence-electron chi connectivity index (χ3n) is 3.93. The smallest absolute Gasteiger partial charge is 0.243 e. The number of sulfonamides is 1. The molecule has 2 aromatic carbocycles. The maximum Gasteiger partial charge on any atom is 0.243 e. The van der Waals surface area contributed by atoms with E-state index in [1.165, 1.54) is 37.7 Å². The first-order valence-electron chi connectivity index (χ1n) is 8.17. The van der Waals surface area contributed by atoms with E-state index in [4.69, 9.17) is 14.2 Å². The van der Waals surface area contributed by atoms with Crippen LogP contribution in [0.25, 0.3) is 0 Å². The minimum absolute atomic E-state index is 0.143. The Balaban J connectivity index is 2.06. The van der Waals surface area contributed by atoms with E-state index in [9.17, 15) is 8.42 Å². The molecule has 2 aromatic rings. The standard InChI is InChI=1S/C19H25NO5S/c1-14-10-15(2)12-16(11-14)25-9-8-20(3)26(21,22)17-6-7-18(23-4)19(13-17)24-5/h6-7,10-13H,8-9H2,1-5H3. The highest BCUT2D eigenvalue weighted by Gasteiger charge is 2.22. The van der Waals surface area contributed by atoms with Crippen LogP contribution >= 0.6 is 0 Å². The van der Waals surface area contributed by atoms with Gasteiger partial charge in [0.2, 0.25) is 10.0 Å². The van der Waals surface area contributed by atoms with Crippen molar-refractivity contribution in [1.29, 1.82) is 0 Å². The number of benzene rings is 2. The number of hydrogen-bond donors (Lipinski definition) is 0. The first-order chi connectivity index (χ1) is 12.3. The third-order valence-corrected chi connectivity index (χ3v) is 5.79. The normalized spacial score (nSPS) is 11.5. The molecule has 0 aliphatic carbocycles. The average molecular weight is 379 g/mol. The molecule has 0 atom stereocenters. The van der Waals surface area contributed by atoms with Crippen molar-refractivity contribution in [3.8, 4) is 17.2 Å². The monoisotopic (exact) mass is 379 g/mol. The molecule has 0 aliphatic heterocycles. The van der Waals surface area contributed by atoms with E-state index in [-0.39, 0.29) is 18.0 Å². The maximum absolute atomic E-state index is 12.7. The Morgan fingerprint density at radius 3 is 2.12 bits per heavy atom. The minimum atomic E-state index is -3.65. The van der Waals surface area contributed by atoms with Crippen LogP contribution in [0.4, 0.5) is 0 Å². The van der Waals surface area contributed by atoms with Crippen molar-refractivity contribution in [3.63, 3.8) is 0 Å². The molecular weight excluding hydrogens is 354 g/mol. The molecule has 0 bridgehead atoms. The molecule has 0 saturated carbocycles. The lowest BCUT2D eigenvalue weighted by Gasteiger charge is -2.18. The molecule has 0 fully saturated rings. The van der Waals surface area contributed by atoms with E-state index in [1.807, 2.05) is 26.0 Å². The molecule has 0 amide bonds. The number of likely N-dealkylation sites (N-methyl/N-ethyl adjacent to an activating group) is 1. The fourth-order valence-electron chi connectivity index (χ4n) is 2.59. The number of ether oxygens (including phenoxy) is 3. The summed E-state index contributed by atoms with van der Waals surface area (Å²) in [6, 6.07) is 10.4. The Hall–Kier alpha value is -2.25. The van der Waals surface area contributed by atoms with Crippen LogP contribution in [0.1, 0.15) is 11.1 Å². The number of aryl methyl sites for hydroxylation is 2. The van der Waals surface area contributed by atoms with Gasteiger partial charge in [0, 0.05) is 19.7 Å². The first-order valence-corrected chi connectivity index (χ1v) is 9.61. The van der Waals surface area contributed by atoms with Gasteiger partial charge in [-0.05, 0) is 49.2 Å². The number of nitrogens with zero attached hydrogens (tertiary/aromatic N) is 1. The molecule has 0 unspecified atom stereocenters. The highest BCUT2D eigenvalue weighted by molar-refractivity contribution is 7.89. The Morgan fingerprint density at radius 2 is 1.54 bits per heavy atom. The van der Waals surface area contributed by atoms with Crippen LogP contribution in [0.3, 0.4) is 0 Å². The second-order valence-electron chi connectivity index (χ2n) is 6.02. The summed E-state index contributed by atoms with van der Waals surface area (Å²) in [6.45, 7) is 4.47. The lowest BCUT2D eigenvalue weighted by Crippen LogP contribution is -2.31. The van der Waals surface area contributed by atoms with Crippen LogP contribution in [0, 0.1) is 13.8 Å². The largest absolute Gasteiger partial charge is 0.493 e. The van der Waals surface area contributed by atoms with Crippen molar-refractivity contribution in [1.82, 2.24) is 4.31 Å². The van der Waals surface area contributed by atoms with Gasteiger partial charge in [0.25, 0.3) is 0 Å². The molecule has 0 heterocycles. The van der Waals surface area contributed by atoms with Gasteiger partial charge in [-0.3, -0.25) is 0 Å². The van der Waals surface area contributed by atoms with Crippen molar-refractivity contribution >= 4 is 10.0 Å². The number of rotatable bonds is 8. The molecule has 0 aliphatic rings. The zero-order chi connectivity index (χ0) is 19.3. The van der Waals surface area contributed by atoms with Gasteiger partial charge in [-0.1, -0.05) is 6.07 Å². The number of hydrogen-bond acceptors (Lipinski definition) is 5. The predicted molar refractivity (Wildman–Crippen MR) is 101 cm³/mol. The summed E-state index contributed by atoms with van der Waals surface area (Å²) in [5.41, 5.74) is 2.21. The molecule has 0 N–H and O–H groups in total. The second kappa shape index (κ2) is 8.42. The summed E-state index contributed by atoms with van der Waals surface area (Å²) in [5.74, 6) is 1.58. The van der Waals surface area contributed by atoms with Crippen molar-refractivity contribution in [2.75, 3.05) is 34.4 Å². The Morgan fingerprint density at radius 1 is 0.923 bits per heavy atom. The first kappa shape index (κ1) is 20.1. The zero-order valence-electron chi connectivity index (χ0n) is 15.8. The van der Waals surface area contributed by atoms with Crippen molar-refractivity contribution in [3.05, 3.63) is 47.5 Å². The molecule has 6 nitrogen and oxygen atoms in total. The highest BCUT2D eigenvalue weighted by atomic mass is 32.2. The van der Waals surface area contributed by atoms with Crippen molar-refractivity contribution in [2.45, 2.75) is 18.7 Å².